The molecule has 8 nitrogen and oxygen atoms in total. The van der Waals surface area contributed by atoms with Crippen molar-refractivity contribution in [3.63, 3.8) is 0 Å². The maximum Gasteiger partial charge on any atom is 0.401 e. The maximum atomic E-state index is 12.9. The number of nitrogens with one attached hydrogen (secondary N) is 1. The van der Waals surface area contributed by atoms with Crippen LogP contribution in [0.3, 0.4) is 0 Å². The van der Waals surface area contributed by atoms with Crippen LogP contribution >= 0.6 is 11.6 Å². The average Bonchev–Trinajstić information content (AvgIpc) is 3.24. The average molecular weight is 524 g/mol. The third kappa shape index (κ3) is 4.11. The molecule has 1 aromatic carbocycles. The fraction of sp³-hybridized carbons (Fsp3) is 0.542. The van der Waals surface area contributed by atoms with E-state index in [1.807, 2.05) is 10.9 Å². The number of aromatic nitrogens is 2. The van der Waals surface area contributed by atoms with Crippen LogP contribution in [0.4, 0.5) is 18.9 Å². The minimum atomic E-state index is -4.18. The summed E-state index contributed by atoms with van der Waals surface area (Å²) >= 11 is 5.96. The van der Waals surface area contributed by atoms with Crippen LogP contribution in [0.5, 0.6) is 5.75 Å². The number of Topliss-reactive ketones (excluding diaryl/α,β-unsaturated/α-hetero) is 1. The van der Waals surface area contributed by atoms with Crippen LogP contribution in [0.25, 0.3) is 0 Å². The summed E-state index contributed by atoms with van der Waals surface area (Å²) in [5.74, 6) is -0.0976. The third-order valence-electron chi connectivity index (χ3n) is 7.76. The largest absolute Gasteiger partial charge is 0.479 e. The van der Waals surface area contributed by atoms with Gasteiger partial charge < -0.3 is 15.0 Å². The number of fused-ring (bicyclic) bond motifs is 1. The molecule has 5 aliphatic rings. The van der Waals surface area contributed by atoms with E-state index in [9.17, 15) is 22.8 Å². The van der Waals surface area contributed by atoms with E-state index >= 15 is 0 Å². The Balaban J connectivity index is 1.03. The van der Waals surface area contributed by atoms with Crippen molar-refractivity contribution in [2.45, 2.75) is 49.0 Å². The van der Waals surface area contributed by atoms with Gasteiger partial charge in [0, 0.05) is 42.9 Å². The predicted molar refractivity (Wildman–Crippen MR) is 124 cm³/mol. The van der Waals surface area contributed by atoms with E-state index < -0.39 is 18.8 Å². The van der Waals surface area contributed by atoms with Crippen LogP contribution < -0.4 is 15.0 Å². The first-order valence-corrected chi connectivity index (χ1v) is 12.3. The van der Waals surface area contributed by atoms with Gasteiger partial charge in [-0.15, -0.1) is 0 Å². The number of piperazine rings is 1. The summed E-state index contributed by atoms with van der Waals surface area (Å²) in [7, 11) is 0. The molecule has 3 aliphatic carbocycles. The highest BCUT2D eigenvalue weighted by atomic mass is 35.5. The number of alkyl halides is 3. The second kappa shape index (κ2) is 8.11. The number of benzene rings is 1. The summed E-state index contributed by atoms with van der Waals surface area (Å²) in [4.78, 5) is 28.9. The molecule has 1 atom stereocenters. The summed E-state index contributed by atoms with van der Waals surface area (Å²) in [6.07, 6.45) is 0.838. The van der Waals surface area contributed by atoms with Gasteiger partial charge in [0.05, 0.1) is 36.0 Å². The van der Waals surface area contributed by atoms with Crippen LogP contribution in [0, 0.1) is 0 Å². The molecular formula is C24H25ClF3N5O3. The van der Waals surface area contributed by atoms with Crippen LogP contribution in [0.2, 0.25) is 5.02 Å². The number of anilines is 1. The smallest absolute Gasteiger partial charge is 0.401 e. The highest BCUT2D eigenvalue weighted by molar-refractivity contribution is 6.31. The fourth-order valence-electron chi connectivity index (χ4n) is 6.05. The van der Waals surface area contributed by atoms with E-state index in [1.165, 1.54) is 4.90 Å². The van der Waals surface area contributed by atoms with Gasteiger partial charge in [0.15, 0.2) is 11.9 Å². The summed E-state index contributed by atoms with van der Waals surface area (Å²) in [5.41, 5.74) is 0.819. The molecule has 2 aliphatic heterocycles. The summed E-state index contributed by atoms with van der Waals surface area (Å²) in [6.45, 7) is 0.870. The molecule has 192 valence electrons. The van der Waals surface area contributed by atoms with Crippen molar-refractivity contribution in [2.75, 3.05) is 37.6 Å². The molecule has 1 aromatic heterocycles. The number of hydrogen-bond acceptors (Lipinski definition) is 6. The van der Waals surface area contributed by atoms with Crippen molar-refractivity contribution in [3.8, 4) is 5.75 Å². The number of amides is 1. The Morgan fingerprint density at radius 2 is 1.92 bits per heavy atom. The zero-order valence-electron chi connectivity index (χ0n) is 19.4. The van der Waals surface area contributed by atoms with Gasteiger partial charge in [-0.2, -0.15) is 18.3 Å². The molecule has 2 aromatic rings. The Morgan fingerprint density at radius 1 is 1.19 bits per heavy atom. The Kier molecular flexibility index (Phi) is 5.31. The van der Waals surface area contributed by atoms with Gasteiger partial charge in [-0.3, -0.25) is 19.2 Å². The van der Waals surface area contributed by atoms with Gasteiger partial charge in [0.1, 0.15) is 5.75 Å². The first-order valence-electron chi connectivity index (χ1n) is 11.9. The standard InChI is InChI=1S/C24H25ClF3N5O3/c25-15-1-2-19-17(7-15)18(34)8-20(36-19)21(35)30-22-11-23(12-22,13-22)33-10-16(9-29-33)32-5-3-31(4-6-32)14-24(26,27)28/h1-2,7,9-10,20H,3-6,8,11-14H2,(H,30,35)/t20-,22?,23?/m1/s1. The molecular weight excluding hydrogens is 499 g/mol. The lowest BCUT2D eigenvalue weighted by atomic mass is 9.44. The number of hydrogen-bond donors (Lipinski definition) is 1. The van der Waals surface area contributed by atoms with Crippen molar-refractivity contribution in [3.05, 3.63) is 41.2 Å². The van der Waals surface area contributed by atoms with Gasteiger partial charge in [-0.1, -0.05) is 11.6 Å². The van der Waals surface area contributed by atoms with E-state index in [2.05, 4.69) is 15.3 Å². The number of ketones is 1. The third-order valence-corrected chi connectivity index (χ3v) is 8.00. The second-order valence-electron chi connectivity index (χ2n) is 10.4. The summed E-state index contributed by atoms with van der Waals surface area (Å²) in [6, 6.07) is 4.79. The lowest BCUT2D eigenvalue weighted by molar-refractivity contribution is -0.163. The maximum absolute atomic E-state index is 12.9. The fourth-order valence-corrected chi connectivity index (χ4v) is 6.22. The number of carbonyl (C=O) groups is 2. The number of rotatable bonds is 5. The van der Waals surface area contributed by atoms with Gasteiger partial charge in [0.2, 0.25) is 0 Å². The van der Waals surface area contributed by atoms with Gasteiger partial charge in [0.25, 0.3) is 5.91 Å². The molecule has 0 radical (unpaired) electrons. The second-order valence-corrected chi connectivity index (χ2v) is 10.9. The lowest BCUT2D eigenvalue weighted by Gasteiger charge is -2.70. The Bertz CT molecular complexity index is 1200. The molecule has 2 bridgehead atoms. The Labute approximate surface area is 210 Å². The van der Waals surface area contributed by atoms with Crippen molar-refractivity contribution in [1.82, 2.24) is 20.0 Å². The molecule has 12 heteroatoms. The SMILES string of the molecule is O=C1C[C@H](C(=O)NC23CC(n4cc(N5CCN(CC(F)(F)F)CC5)cn4)(C2)C3)Oc2ccc(Cl)cc21. The van der Waals surface area contributed by atoms with E-state index in [0.29, 0.717) is 42.5 Å². The minimum absolute atomic E-state index is 0.0286. The zero-order valence-corrected chi connectivity index (χ0v) is 20.1. The Hall–Kier alpha value is -2.79. The summed E-state index contributed by atoms with van der Waals surface area (Å²) < 4.78 is 45.6. The van der Waals surface area contributed by atoms with Crippen molar-refractivity contribution in [1.29, 1.82) is 0 Å². The molecule has 4 fully saturated rings. The molecule has 1 amide bonds. The Morgan fingerprint density at radius 3 is 2.61 bits per heavy atom. The van der Waals surface area contributed by atoms with Crippen LogP contribution in [-0.4, -0.2) is 76.9 Å². The molecule has 3 heterocycles. The van der Waals surface area contributed by atoms with Gasteiger partial charge in [-0.05, 0) is 37.5 Å². The number of ether oxygens (including phenoxy) is 1. The molecule has 0 spiro atoms. The lowest BCUT2D eigenvalue weighted by Crippen LogP contribution is -2.79. The highest BCUT2D eigenvalue weighted by Crippen LogP contribution is 2.65. The van der Waals surface area contributed by atoms with Crippen molar-refractivity contribution in [2.24, 2.45) is 0 Å². The molecule has 3 saturated carbocycles. The monoisotopic (exact) mass is 523 g/mol. The highest BCUT2D eigenvalue weighted by Gasteiger charge is 2.70. The van der Waals surface area contributed by atoms with Gasteiger partial charge >= 0.3 is 6.18 Å². The van der Waals surface area contributed by atoms with E-state index in [0.717, 1.165) is 24.9 Å². The van der Waals surface area contributed by atoms with Crippen LogP contribution in [0.1, 0.15) is 36.0 Å². The van der Waals surface area contributed by atoms with Gasteiger partial charge in [-0.25, -0.2) is 0 Å². The van der Waals surface area contributed by atoms with E-state index in [4.69, 9.17) is 16.3 Å². The molecule has 1 N–H and O–H groups in total. The first kappa shape index (κ1) is 23.6. The molecule has 7 rings (SSSR count). The molecule has 0 unspecified atom stereocenters. The first-order chi connectivity index (χ1) is 17.0. The topological polar surface area (TPSA) is 79.7 Å². The normalized spacial score (nSPS) is 29.6. The number of nitrogens with zero attached hydrogens (tertiary/aromatic N) is 4. The minimum Gasteiger partial charge on any atom is -0.479 e. The quantitative estimate of drug-likeness (QED) is 0.649. The predicted octanol–water partition coefficient (Wildman–Crippen LogP) is 3.00. The molecule has 36 heavy (non-hydrogen) atoms. The summed E-state index contributed by atoms with van der Waals surface area (Å²) in [5, 5.41) is 8.06. The zero-order chi connectivity index (χ0) is 25.3. The van der Waals surface area contributed by atoms with Crippen LogP contribution in [-0.2, 0) is 10.3 Å². The van der Waals surface area contributed by atoms with E-state index in [-0.39, 0.29) is 29.2 Å². The van der Waals surface area contributed by atoms with Crippen molar-refractivity contribution >= 4 is 29.0 Å². The number of carbonyl (C=O) groups excluding carboxylic acids is 2. The number of halogens is 4. The van der Waals surface area contributed by atoms with E-state index in [1.54, 1.807) is 24.4 Å². The van der Waals surface area contributed by atoms with Crippen molar-refractivity contribution < 1.29 is 27.5 Å². The molecule has 1 saturated heterocycles. The van der Waals surface area contributed by atoms with Crippen LogP contribution in [0.15, 0.2) is 30.6 Å².